The lowest BCUT2D eigenvalue weighted by atomic mass is 9.88. The summed E-state index contributed by atoms with van der Waals surface area (Å²) in [6.45, 7) is 6.47. The van der Waals surface area contributed by atoms with Gasteiger partial charge in [-0.3, -0.25) is 9.59 Å². The van der Waals surface area contributed by atoms with Crippen LogP contribution in [0.4, 0.5) is 0 Å². The molecule has 1 aliphatic heterocycles. The van der Waals surface area contributed by atoms with E-state index in [1.165, 1.54) is 32.1 Å². The highest BCUT2D eigenvalue weighted by molar-refractivity contribution is 5.95. The molecule has 6 heteroatoms. The number of ether oxygens (including phenoxy) is 2. The molecule has 1 saturated carbocycles. The number of rotatable bonds is 8. The molecule has 1 aliphatic carbocycles. The fraction of sp³-hybridized carbons (Fsp3) is 0.600. The Bertz CT molecular complexity index is 743. The van der Waals surface area contributed by atoms with Crippen molar-refractivity contribution in [2.24, 2.45) is 11.8 Å². The van der Waals surface area contributed by atoms with Gasteiger partial charge in [0.1, 0.15) is 11.5 Å². The minimum absolute atomic E-state index is 0.0209. The standard InChI is InChI=1S/C25H36N2O4/c1-4-12-27(18-19-8-6-5-7-9-19)24(28)20-10-13-26(14-11-20)25(29)21-15-22(30-2)17-23(16-21)31-3/h4,15-17,19-20H,1,5-14,18H2,2-3H3. The molecule has 6 nitrogen and oxygen atoms in total. The van der Waals surface area contributed by atoms with Crippen LogP contribution in [0.2, 0.25) is 0 Å². The topological polar surface area (TPSA) is 59.1 Å². The number of methoxy groups -OCH3 is 2. The number of carbonyl (C=O) groups is 2. The smallest absolute Gasteiger partial charge is 0.254 e. The second-order valence-corrected chi connectivity index (χ2v) is 8.70. The molecule has 0 unspecified atom stereocenters. The molecule has 0 radical (unpaired) electrons. The van der Waals surface area contributed by atoms with Crippen molar-refractivity contribution in [2.45, 2.75) is 44.9 Å². The van der Waals surface area contributed by atoms with Gasteiger partial charge in [0.15, 0.2) is 0 Å². The minimum Gasteiger partial charge on any atom is -0.497 e. The monoisotopic (exact) mass is 428 g/mol. The molecule has 0 aromatic heterocycles. The molecule has 2 aliphatic rings. The van der Waals surface area contributed by atoms with E-state index in [9.17, 15) is 9.59 Å². The molecule has 2 amide bonds. The maximum Gasteiger partial charge on any atom is 0.254 e. The zero-order valence-corrected chi connectivity index (χ0v) is 19.0. The lowest BCUT2D eigenvalue weighted by Crippen LogP contribution is -2.45. The third-order valence-corrected chi connectivity index (χ3v) is 6.59. The van der Waals surface area contributed by atoms with Crippen LogP contribution in [0.5, 0.6) is 11.5 Å². The van der Waals surface area contributed by atoms with Gasteiger partial charge >= 0.3 is 0 Å². The van der Waals surface area contributed by atoms with E-state index < -0.39 is 0 Å². The molecule has 1 aromatic carbocycles. The van der Waals surface area contributed by atoms with Gasteiger partial charge < -0.3 is 19.3 Å². The molecule has 2 fully saturated rings. The Kier molecular flexibility index (Phi) is 8.38. The van der Waals surface area contributed by atoms with E-state index in [2.05, 4.69) is 6.58 Å². The normalized spacial score (nSPS) is 17.8. The SMILES string of the molecule is C=CCN(CC1CCCCC1)C(=O)C1CCN(C(=O)c2cc(OC)cc(OC)c2)CC1. The number of hydrogen-bond donors (Lipinski definition) is 0. The van der Waals surface area contributed by atoms with Crippen LogP contribution in [0, 0.1) is 11.8 Å². The second kappa shape index (κ2) is 11.2. The zero-order valence-electron chi connectivity index (χ0n) is 19.0. The van der Waals surface area contributed by atoms with Gasteiger partial charge in [0, 0.05) is 43.7 Å². The van der Waals surface area contributed by atoms with Gasteiger partial charge in [-0.25, -0.2) is 0 Å². The molecule has 1 heterocycles. The number of piperidine rings is 1. The average Bonchev–Trinajstić information content (AvgIpc) is 2.83. The quantitative estimate of drug-likeness (QED) is 0.584. The van der Waals surface area contributed by atoms with E-state index in [1.807, 2.05) is 15.9 Å². The number of nitrogens with zero attached hydrogens (tertiary/aromatic N) is 2. The van der Waals surface area contributed by atoms with Crippen molar-refractivity contribution in [1.82, 2.24) is 9.80 Å². The molecular formula is C25H36N2O4. The van der Waals surface area contributed by atoms with Crippen LogP contribution in [0.15, 0.2) is 30.9 Å². The molecule has 170 valence electrons. The lowest BCUT2D eigenvalue weighted by molar-refractivity contribution is -0.137. The molecule has 1 aromatic rings. The third kappa shape index (κ3) is 6.02. The van der Waals surface area contributed by atoms with E-state index in [0.29, 0.717) is 55.5 Å². The largest absolute Gasteiger partial charge is 0.497 e. The van der Waals surface area contributed by atoms with Crippen LogP contribution >= 0.6 is 0 Å². The van der Waals surface area contributed by atoms with Crippen LogP contribution < -0.4 is 9.47 Å². The summed E-state index contributed by atoms with van der Waals surface area (Å²) in [5.74, 6) is 1.95. The zero-order chi connectivity index (χ0) is 22.2. The van der Waals surface area contributed by atoms with Crippen molar-refractivity contribution in [3.8, 4) is 11.5 Å². The van der Waals surface area contributed by atoms with Crippen molar-refractivity contribution < 1.29 is 19.1 Å². The molecule has 0 atom stereocenters. The Balaban J connectivity index is 1.59. The van der Waals surface area contributed by atoms with Gasteiger partial charge in [-0.05, 0) is 43.7 Å². The number of amides is 2. The van der Waals surface area contributed by atoms with Crippen LogP contribution in [-0.2, 0) is 4.79 Å². The van der Waals surface area contributed by atoms with Gasteiger partial charge in [0.25, 0.3) is 5.91 Å². The van der Waals surface area contributed by atoms with Gasteiger partial charge in [0.05, 0.1) is 14.2 Å². The molecule has 1 saturated heterocycles. The molecule has 3 rings (SSSR count). The van der Waals surface area contributed by atoms with Crippen LogP contribution in [0.3, 0.4) is 0 Å². The summed E-state index contributed by atoms with van der Waals surface area (Å²) in [7, 11) is 3.14. The van der Waals surface area contributed by atoms with Crippen molar-refractivity contribution >= 4 is 11.8 Å². The first kappa shape index (κ1) is 23.2. The van der Waals surface area contributed by atoms with Gasteiger partial charge in [-0.15, -0.1) is 6.58 Å². The average molecular weight is 429 g/mol. The van der Waals surface area contributed by atoms with Crippen molar-refractivity contribution in [3.63, 3.8) is 0 Å². The first-order valence-corrected chi connectivity index (χ1v) is 11.5. The highest BCUT2D eigenvalue weighted by Gasteiger charge is 2.31. The molecule has 31 heavy (non-hydrogen) atoms. The van der Waals surface area contributed by atoms with E-state index in [1.54, 1.807) is 32.4 Å². The molecule has 0 N–H and O–H groups in total. The van der Waals surface area contributed by atoms with Crippen LogP contribution in [-0.4, -0.2) is 62.0 Å². The predicted molar refractivity (Wildman–Crippen MR) is 122 cm³/mol. The third-order valence-electron chi connectivity index (χ3n) is 6.59. The molecule has 0 spiro atoms. The minimum atomic E-state index is -0.0479. The Hall–Kier alpha value is -2.50. The van der Waals surface area contributed by atoms with Gasteiger partial charge in [0.2, 0.25) is 5.91 Å². The maximum absolute atomic E-state index is 13.2. The highest BCUT2D eigenvalue weighted by atomic mass is 16.5. The van der Waals surface area contributed by atoms with Crippen molar-refractivity contribution in [3.05, 3.63) is 36.4 Å². The van der Waals surface area contributed by atoms with Crippen molar-refractivity contribution in [1.29, 1.82) is 0 Å². The summed E-state index contributed by atoms with van der Waals surface area (Å²) in [5.41, 5.74) is 0.548. The van der Waals surface area contributed by atoms with Crippen molar-refractivity contribution in [2.75, 3.05) is 40.4 Å². The van der Waals surface area contributed by atoms with Crippen LogP contribution in [0.1, 0.15) is 55.3 Å². The summed E-state index contributed by atoms with van der Waals surface area (Å²) in [5, 5.41) is 0. The fourth-order valence-electron chi connectivity index (χ4n) is 4.79. The summed E-state index contributed by atoms with van der Waals surface area (Å²) in [6.07, 6.45) is 9.53. The summed E-state index contributed by atoms with van der Waals surface area (Å²) < 4.78 is 10.6. The Morgan fingerprint density at radius 1 is 1.03 bits per heavy atom. The second-order valence-electron chi connectivity index (χ2n) is 8.70. The van der Waals surface area contributed by atoms with Gasteiger partial charge in [-0.2, -0.15) is 0 Å². The summed E-state index contributed by atoms with van der Waals surface area (Å²) in [4.78, 5) is 30.1. The highest BCUT2D eigenvalue weighted by Crippen LogP contribution is 2.28. The number of hydrogen-bond acceptors (Lipinski definition) is 4. The molecular weight excluding hydrogens is 392 g/mol. The number of likely N-dealkylation sites (tertiary alicyclic amines) is 1. The van der Waals surface area contributed by atoms with E-state index in [-0.39, 0.29) is 17.7 Å². The Morgan fingerprint density at radius 3 is 2.19 bits per heavy atom. The number of carbonyl (C=O) groups excluding carboxylic acids is 2. The predicted octanol–water partition coefficient (Wildman–Crippen LogP) is 4.15. The van der Waals surface area contributed by atoms with Gasteiger partial charge in [-0.1, -0.05) is 25.3 Å². The van der Waals surface area contributed by atoms with Crippen LogP contribution in [0.25, 0.3) is 0 Å². The summed E-state index contributed by atoms with van der Waals surface area (Å²) >= 11 is 0. The van der Waals surface area contributed by atoms with E-state index in [4.69, 9.17) is 9.47 Å². The fourth-order valence-corrected chi connectivity index (χ4v) is 4.79. The summed E-state index contributed by atoms with van der Waals surface area (Å²) in [6, 6.07) is 5.22. The Morgan fingerprint density at radius 2 is 1.65 bits per heavy atom. The lowest BCUT2D eigenvalue weighted by Gasteiger charge is -2.36. The first-order valence-electron chi connectivity index (χ1n) is 11.5. The maximum atomic E-state index is 13.2. The Labute approximate surface area is 186 Å². The first-order chi connectivity index (χ1) is 15.0. The van der Waals surface area contributed by atoms with E-state index >= 15 is 0 Å². The van der Waals surface area contributed by atoms with E-state index in [0.717, 1.165) is 6.54 Å². The molecule has 0 bridgehead atoms. The number of benzene rings is 1.